The molecule has 0 radical (unpaired) electrons. The number of carboxylic acids is 1. The summed E-state index contributed by atoms with van der Waals surface area (Å²) in [5.41, 5.74) is 4.10. The Balaban J connectivity index is 2.05. The summed E-state index contributed by atoms with van der Waals surface area (Å²) in [5.74, 6) is -1.03. The zero-order valence-electron chi connectivity index (χ0n) is 11.7. The molecule has 1 fully saturated rings. The lowest BCUT2D eigenvalue weighted by atomic mass is 9.74. The lowest BCUT2D eigenvalue weighted by Crippen LogP contribution is -2.38. The van der Waals surface area contributed by atoms with Gasteiger partial charge in [0.2, 0.25) is 0 Å². The Morgan fingerprint density at radius 1 is 1.40 bits per heavy atom. The van der Waals surface area contributed by atoms with E-state index in [1.807, 2.05) is 13.8 Å². The molecule has 3 aliphatic carbocycles. The molecular formula is C16H18O4. The number of rotatable bonds is 3. The molecule has 1 atom stereocenters. The second-order valence-corrected chi connectivity index (χ2v) is 6.04. The van der Waals surface area contributed by atoms with E-state index in [0.717, 1.165) is 35.1 Å². The van der Waals surface area contributed by atoms with Crippen LogP contribution in [0.4, 0.5) is 0 Å². The Hall–Kier alpha value is -1.68. The van der Waals surface area contributed by atoms with Crippen LogP contribution in [-0.2, 0) is 9.59 Å². The van der Waals surface area contributed by atoms with E-state index in [-0.39, 0.29) is 17.6 Å². The number of aliphatic hydroxyl groups excluding tert-OH is 1. The second kappa shape index (κ2) is 4.16. The van der Waals surface area contributed by atoms with Crippen molar-refractivity contribution in [1.29, 1.82) is 0 Å². The highest BCUT2D eigenvalue weighted by atomic mass is 16.4. The molecule has 4 nitrogen and oxygen atoms in total. The molecule has 0 aromatic rings. The van der Waals surface area contributed by atoms with Crippen molar-refractivity contribution in [1.82, 2.24) is 0 Å². The van der Waals surface area contributed by atoms with E-state index in [1.54, 1.807) is 6.08 Å². The van der Waals surface area contributed by atoms with Gasteiger partial charge in [-0.05, 0) is 55.9 Å². The molecule has 0 aliphatic heterocycles. The summed E-state index contributed by atoms with van der Waals surface area (Å²) in [4.78, 5) is 23.1. The monoisotopic (exact) mass is 274 g/mol. The van der Waals surface area contributed by atoms with Crippen LogP contribution in [0.25, 0.3) is 0 Å². The number of allylic oxidation sites excluding steroid dienone is 4. The van der Waals surface area contributed by atoms with Crippen LogP contribution in [-0.4, -0.2) is 28.1 Å². The van der Waals surface area contributed by atoms with Crippen molar-refractivity contribution >= 4 is 11.8 Å². The van der Waals surface area contributed by atoms with Gasteiger partial charge in [-0.2, -0.15) is 0 Å². The maximum Gasteiger partial charge on any atom is 0.303 e. The maximum atomic E-state index is 12.3. The van der Waals surface area contributed by atoms with E-state index < -0.39 is 12.1 Å². The number of carbonyl (C=O) groups excluding carboxylic acids is 1. The fourth-order valence-corrected chi connectivity index (χ4v) is 3.55. The first-order chi connectivity index (χ1) is 9.38. The third-order valence-electron chi connectivity index (χ3n) is 4.94. The smallest absolute Gasteiger partial charge is 0.303 e. The summed E-state index contributed by atoms with van der Waals surface area (Å²) in [5, 5.41) is 19.1. The Morgan fingerprint density at radius 3 is 2.60 bits per heavy atom. The first-order valence-electron chi connectivity index (χ1n) is 6.96. The summed E-state index contributed by atoms with van der Waals surface area (Å²) in [6, 6.07) is 0. The van der Waals surface area contributed by atoms with Gasteiger partial charge in [-0.3, -0.25) is 9.59 Å². The molecule has 1 unspecified atom stereocenters. The predicted octanol–water partition coefficient (Wildman–Crippen LogP) is 2.15. The molecule has 0 aromatic heterocycles. The van der Waals surface area contributed by atoms with Crippen LogP contribution in [0.2, 0.25) is 0 Å². The number of aliphatic carboxylic acids is 1. The molecule has 1 saturated carbocycles. The second-order valence-electron chi connectivity index (χ2n) is 6.04. The molecule has 0 heterocycles. The van der Waals surface area contributed by atoms with Gasteiger partial charge in [-0.1, -0.05) is 5.57 Å². The highest BCUT2D eigenvalue weighted by Gasteiger charge is 2.58. The minimum Gasteiger partial charge on any atom is -0.481 e. The van der Waals surface area contributed by atoms with Crippen LogP contribution >= 0.6 is 0 Å². The van der Waals surface area contributed by atoms with Crippen LogP contribution < -0.4 is 0 Å². The minimum atomic E-state index is -0.927. The molecule has 2 N–H and O–H groups in total. The van der Waals surface area contributed by atoms with Crippen molar-refractivity contribution in [2.24, 2.45) is 5.41 Å². The molecule has 4 heteroatoms. The van der Waals surface area contributed by atoms with Gasteiger partial charge in [-0.25, -0.2) is 0 Å². The third-order valence-corrected chi connectivity index (χ3v) is 4.94. The zero-order chi connectivity index (χ0) is 14.7. The van der Waals surface area contributed by atoms with Crippen molar-refractivity contribution in [3.05, 3.63) is 33.9 Å². The van der Waals surface area contributed by atoms with Crippen LogP contribution in [0.15, 0.2) is 33.9 Å². The number of aliphatic hydroxyl groups is 1. The van der Waals surface area contributed by atoms with Crippen molar-refractivity contribution < 1.29 is 19.8 Å². The normalized spacial score (nSPS) is 27.1. The van der Waals surface area contributed by atoms with Gasteiger partial charge in [0.1, 0.15) is 6.10 Å². The first kappa shape index (κ1) is 13.3. The van der Waals surface area contributed by atoms with Gasteiger partial charge in [0.15, 0.2) is 5.78 Å². The van der Waals surface area contributed by atoms with Crippen LogP contribution in [0.3, 0.4) is 0 Å². The van der Waals surface area contributed by atoms with Crippen molar-refractivity contribution in [2.75, 3.05) is 0 Å². The van der Waals surface area contributed by atoms with Gasteiger partial charge >= 0.3 is 5.97 Å². The van der Waals surface area contributed by atoms with Gasteiger partial charge in [-0.15, -0.1) is 0 Å². The quantitative estimate of drug-likeness (QED) is 0.827. The Morgan fingerprint density at radius 2 is 2.05 bits per heavy atom. The number of carbonyl (C=O) groups is 2. The van der Waals surface area contributed by atoms with Crippen molar-refractivity contribution in [2.45, 2.75) is 45.6 Å². The molecule has 20 heavy (non-hydrogen) atoms. The standard InChI is InChI=1S/C16H18O4/c1-8-7-11-13(10(8)3-4-12(17)18)9(2)16(5-6-16)15(20)14(11)19/h7,15,20H,3-6H2,1-2H3,(H,17,18). The highest BCUT2D eigenvalue weighted by Crippen LogP contribution is 2.61. The first-order valence-corrected chi connectivity index (χ1v) is 6.96. The van der Waals surface area contributed by atoms with Crippen LogP contribution in [0.5, 0.6) is 0 Å². The fourth-order valence-electron chi connectivity index (χ4n) is 3.55. The molecule has 1 spiro atoms. The lowest BCUT2D eigenvalue weighted by Gasteiger charge is -2.31. The number of ketones is 1. The summed E-state index contributed by atoms with van der Waals surface area (Å²) >= 11 is 0. The predicted molar refractivity (Wildman–Crippen MR) is 73.0 cm³/mol. The topological polar surface area (TPSA) is 74.6 Å². The van der Waals surface area contributed by atoms with Gasteiger partial charge in [0, 0.05) is 17.4 Å². The Bertz CT molecular complexity index is 614. The van der Waals surface area contributed by atoms with E-state index in [2.05, 4.69) is 0 Å². The maximum absolute atomic E-state index is 12.3. The van der Waals surface area contributed by atoms with Gasteiger partial charge in [0.25, 0.3) is 0 Å². The molecule has 0 bridgehead atoms. The molecule has 106 valence electrons. The van der Waals surface area contributed by atoms with E-state index in [9.17, 15) is 14.7 Å². The number of fused-ring (bicyclic) bond motifs is 1. The molecule has 0 aromatic carbocycles. The lowest BCUT2D eigenvalue weighted by molar-refractivity contribution is -0.136. The van der Waals surface area contributed by atoms with E-state index in [0.29, 0.717) is 12.0 Å². The highest BCUT2D eigenvalue weighted by molar-refractivity contribution is 6.08. The number of hydrogen-bond donors (Lipinski definition) is 2. The fraction of sp³-hybridized carbons (Fsp3) is 0.500. The Kier molecular flexibility index (Phi) is 2.77. The van der Waals surface area contributed by atoms with E-state index in [4.69, 9.17) is 5.11 Å². The summed E-state index contributed by atoms with van der Waals surface area (Å²) in [6.45, 7) is 3.88. The molecule has 0 saturated heterocycles. The van der Waals surface area contributed by atoms with Gasteiger partial charge < -0.3 is 10.2 Å². The minimum absolute atomic E-state index is 0.0638. The average molecular weight is 274 g/mol. The average Bonchev–Trinajstić information content (AvgIpc) is 3.12. The zero-order valence-corrected chi connectivity index (χ0v) is 11.7. The molecule has 3 aliphatic rings. The number of carboxylic acid groups (broad SMARTS) is 1. The largest absolute Gasteiger partial charge is 0.481 e. The van der Waals surface area contributed by atoms with Crippen molar-refractivity contribution in [3.63, 3.8) is 0 Å². The Labute approximate surface area is 117 Å². The summed E-state index contributed by atoms with van der Waals surface area (Å²) in [7, 11) is 0. The van der Waals surface area contributed by atoms with Crippen molar-refractivity contribution in [3.8, 4) is 0 Å². The molecule has 3 rings (SSSR count). The number of hydrogen-bond acceptors (Lipinski definition) is 3. The third kappa shape index (κ3) is 1.64. The van der Waals surface area contributed by atoms with Crippen LogP contribution in [0, 0.1) is 5.41 Å². The molecule has 0 amide bonds. The van der Waals surface area contributed by atoms with E-state index >= 15 is 0 Å². The van der Waals surface area contributed by atoms with Gasteiger partial charge in [0.05, 0.1) is 0 Å². The number of Topliss-reactive ketones (excluding diaryl/α,β-unsaturated/α-hetero) is 1. The van der Waals surface area contributed by atoms with E-state index in [1.165, 1.54) is 0 Å². The van der Waals surface area contributed by atoms with Crippen LogP contribution in [0.1, 0.15) is 39.5 Å². The molecular weight excluding hydrogens is 256 g/mol. The summed E-state index contributed by atoms with van der Waals surface area (Å²) < 4.78 is 0. The SMILES string of the molecule is CC1=C(CCC(=O)O)C2=C(C)C3(CC3)C(O)C(=O)C2=C1. The summed E-state index contributed by atoms with van der Waals surface area (Å²) in [6.07, 6.45) is 3.06.